The van der Waals surface area contributed by atoms with E-state index in [-0.39, 0.29) is 24.8 Å². The van der Waals surface area contributed by atoms with Gasteiger partial charge in [0.2, 0.25) is 0 Å². The smallest absolute Gasteiger partial charge is 0.0962 e. The number of hydrogen-bond acceptors (Lipinski definition) is 3. The molecule has 3 rings (SSSR count). The first-order valence-electron chi connectivity index (χ1n) is 5.62. The minimum Gasteiger partial charge on any atom is -0.317 e. The highest BCUT2D eigenvalue weighted by molar-refractivity contribution is 7.11. The lowest BCUT2D eigenvalue weighted by atomic mass is 9.99. The summed E-state index contributed by atoms with van der Waals surface area (Å²) in [6, 6.07) is 0. The first-order valence-corrected chi connectivity index (χ1v) is 6.44. The molecule has 0 bridgehead atoms. The average molecular weight is 281 g/mol. The number of hydrogen-bond donors (Lipinski definition) is 1. The van der Waals surface area contributed by atoms with Gasteiger partial charge in [0.1, 0.15) is 0 Å². The van der Waals surface area contributed by atoms with Crippen molar-refractivity contribution < 1.29 is 0 Å². The molecule has 2 aliphatic rings. The van der Waals surface area contributed by atoms with Gasteiger partial charge in [-0.1, -0.05) is 0 Å². The van der Waals surface area contributed by atoms with Gasteiger partial charge in [-0.2, -0.15) is 0 Å². The summed E-state index contributed by atoms with van der Waals surface area (Å²) in [5.74, 6) is 0.756. The Morgan fingerprint density at radius 2 is 1.88 bits per heavy atom. The van der Waals surface area contributed by atoms with Gasteiger partial charge >= 0.3 is 0 Å². The lowest BCUT2D eigenvalue weighted by Gasteiger charge is -2.20. The second kappa shape index (κ2) is 6.20. The molecule has 2 nitrogen and oxygen atoms in total. The number of fused-ring (bicyclic) bond motifs is 1. The van der Waals surface area contributed by atoms with Gasteiger partial charge in [-0.15, -0.1) is 36.2 Å². The maximum absolute atomic E-state index is 4.81. The van der Waals surface area contributed by atoms with Crippen molar-refractivity contribution in [3.63, 3.8) is 0 Å². The van der Waals surface area contributed by atoms with Gasteiger partial charge in [0.05, 0.1) is 10.7 Å². The molecular formula is C11H18Cl2N2S. The van der Waals surface area contributed by atoms with E-state index < -0.39 is 0 Å². The van der Waals surface area contributed by atoms with Crippen molar-refractivity contribution in [2.24, 2.45) is 0 Å². The summed E-state index contributed by atoms with van der Waals surface area (Å²) in [7, 11) is 0. The molecule has 0 saturated carbocycles. The Morgan fingerprint density at radius 1 is 1.12 bits per heavy atom. The van der Waals surface area contributed by atoms with Gasteiger partial charge in [-0.3, -0.25) is 0 Å². The van der Waals surface area contributed by atoms with Gasteiger partial charge in [0, 0.05) is 10.8 Å². The minimum atomic E-state index is 0. The first kappa shape index (κ1) is 14.2. The molecule has 1 aliphatic heterocycles. The molecule has 0 radical (unpaired) electrons. The number of nitrogens with one attached hydrogen (secondary N) is 1. The molecule has 92 valence electrons. The molecule has 5 heteroatoms. The van der Waals surface area contributed by atoms with Crippen molar-refractivity contribution in [2.45, 2.75) is 38.0 Å². The standard InChI is InChI=1S/C11H16N2S.2ClH/c1-2-9-10(3-1)14-11(13-9)8-4-6-12-7-5-8;;/h8,12H,1-7H2;2*1H. The van der Waals surface area contributed by atoms with Gasteiger partial charge < -0.3 is 5.32 Å². The third kappa shape index (κ3) is 2.70. The van der Waals surface area contributed by atoms with Crippen molar-refractivity contribution >= 4 is 36.2 Å². The van der Waals surface area contributed by atoms with Crippen molar-refractivity contribution in [3.8, 4) is 0 Å². The second-order valence-corrected chi connectivity index (χ2v) is 5.42. The summed E-state index contributed by atoms with van der Waals surface area (Å²) in [5.41, 5.74) is 1.42. The van der Waals surface area contributed by atoms with Gasteiger partial charge in [0.15, 0.2) is 0 Å². The predicted octanol–water partition coefficient (Wildman–Crippen LogP) is 2.94. The number of thiazole rings is 1. The molecular weight excluding hydrogens is 263 g/mol. The highest BCUT2D eigenvalue weighted by Crippen LogP contribution is 2.34. The van der Waals surface area contributed by atoms with Crippen LogP contribution in [-0.2, 0) is 12.8 Å². The molecule has 1 N–H and O–H groups in total. The molecule has 0 atom stereocenters. The fourth-order valence-corrected chi connectivity index (χ4v) is 3.78. The van der Waals surface area contributed by atoms with E-state index >= 15 is 0 Å². The van der Waals surface area contributed by atoms with Crippen LogP contribution in [0.2, 0.25) is 0 Å². The van der Waals surface area contributed by atoms with Gasteiger partial charge in [0.25, 0.3) is 0 Å². The van der Waals surface area contributed by atoms with Crippen LogP contribution in [-0.4, -0.2) is 18.1 Å². The molecule has 1 fully saturated rings. The van der Waals surface area contributed by atoms with Crippen LogP contribution in [0.3, 0.4) is 0 Å². The Morgan fingerprint density at radius 3 is 2.56 bits per heavy atom. The zero-order valence-corrected chi connectivity index (χ0v) is 11.6. The summed E-state index contributed by atoms with van der Waals surface area (Å²) in [6.07, 6.45) is 6.42. The number of aromatic nitrogens is 1. The van der Waals surface area contributed by atoms with Crippen LogP contribution >= 0.6 is 36.2 Å². The van der Waals surface area contributed by atoms with E-state index in [0.717, 1.165) is 5.92 Å². The summed E-state index contributed by atoms with van der Waals surface area (Å²) in [4.78, 5) is 6.39. The topological polar surface area (TPSA) is 24.9 Å². The van der Waals surface area contributed by atoms with E-state index in [1.54, 1.807) is 4.88 Å². The third-order valence-corrected chi connectivity index (χ3v) is 4.62. The van der Waals surface area contributed by atoms with Crippen molar-refractivity contribution in [1.29, 1.82) is 0 Å². The van der Waals surface area contributed by atoms with Crippen LogP contribution in [0.1, 0.15) is 40.8 Å². The monoisotopic (exact) mass is 280 g/mol. The maximum Gasteiger partial charge on any atom is 0.0962 e. The SMILES string of the molecule is C1Cc2nc(C3CCNCC3)sc2C1.Cl.Cl. The number of piperidine rings is 1. The Bertz CT molecular complexity index is 313. The summed E-state index contributed by atoms with van der Waals surface area (Å²) in [6.45, 7) is 2.35. The quantitative estimate of drug-likeness (QED) is 0.856. The summed E-state index contributed by atoms with van der Waals surface area (Å²) < 4.78 is 0. The minimum absolute atomic E-state index is 0. The van der Waals surface area contributed by atoms with E-state index in [1.165, 1.54) is 55.9 Å². The van der Waals surface area contributed by atoms with E-state index in [4.69, 9.17) is 4.98 Å². The molecule has 2 heterocycles. The molecule has 0 unspecified atom stereocenters. The van der Waals surface area contributed by atoms with Crippen molar-refractivity contribution in [1.82, 2.24) is 10.3 Å². The molecule has 0 aromatic carbocycles. The highest BCUT2D eigenvalue weighted by Gasteiger charge is 2.22. The molecule has 0 spiro atoms. The summed E-state index contributed by atoms with van der Waals surface area (Å²) >= 11 is 1.99. The van der Waals surface area contributed by atoms with Crippen LogP contribution in [0.15, 0.2) is 0 Å². The van der Waals surface area contributed by atoms with Crippen LogP contribution in [0.4, 0.5) is 0 Å². The van der Waals surface area contributed by atoms with E-state index in [2.05, 4.69) is 5.32 Å². The van der Waals surface area contributed by atoms with E-state index in [9.17, 15) is 0 Å². The lowest BCUT2D eigenvalue weighted by molar-refractivity contribution is 0.458. The molecule has 1 aliphatic carbocycles. The van der Waals surface area contributed by atoms with Crippen LogP contribution in [0.25, 0.3) is 0 Å². The largest absolute Gasteiger partial charge is 0.317 e. The number of rotatable bonds is 1. The van der Waals surface area contributed by atoms with Gasteiger partial charge in [-0.25, -0.2) is 4.98 Å². The molecule has 1 aromatic rings. The molecule has 0 amide bonds. The van der Waals surface area contributed by atoms with Crippen molar-refractivity contribution in [2.75, 3.05) is 13.1 Å². The van der Waals surface area contributed by atoms with Crippen molar-refractivity contribution in [3.05, 3.63) is 15.6 Å². The fourth-order valence-electron chi connectivity index (χ4n) is 2.45. The predicted molar refractivity (Wildman–Crippen MR) is 73.5 cm³/mol. The summed E-state index contributed by atoms with van der Waals surface area (Å²) in [5, 5.41) is 4.84. The van der Waals surface area contributed by atoms with Gasteiger partial charge in [-0.05, 0) is 45.2 Å². The number of nitrogens with zero attached hydrogens (tertiary/aromatic N) is 1. The highest BCUT2D eigenvalue weighted by atomic mass is 35.5. The van der Waals surface area contributed by atoms with E-state index in [1.807, 2.05) is 11.3 Å². The third-order valence-electron chi connectivity index (χ3n) is 3.30. The van der Waals surface area contributed by atoms with Crippen LogP contribution in [0.5, 0.6) is 0 Å². The normalized spacial score (nSPS) is 19.8. The Labute approximate surface area is 113 Å². The Kier molecular flexibility index (Phi) is 5.51. The average Bonchev–Trinajstić information content (AvgIpc) is 2.78. The zero-order valence-electron chi connectivity index (χ0n) is 9.20. The zero-order chi connectivity index (χ0) is 9.38. The van der Waals surface area contributed by atoms with Crippen LogP contribution in [0, 0.1) is 0 Å². The fraction of sp³-hybridized carbons (Fsp3) is 0.727. The second-order valence-electron chi connectivity index (χ2n) is 4.30. The number of aryl methyl sites for hydroxylation is 2. The lowest BCUT2D eigenvalue weighted by Crippen LogP contribution is -2.26. The molecule has 1 saturated heterocycles. The van der Waals surface area contributed by atoms with E-state index in [0.29, 0.717) is 0 Å². The maximum atomic E-state index is 4.81. The first-order chi connectivity index (χ1) is 6.93. The number of halogens is 2. The molecule has 16 heavy (non-hydrogen) atoms. The molecule has 1 aromatic heterocycles. The Hall–Kier alpha value is 0.170. The Balaban J connectivity index is 0.000000640. The van der Waals surface area contributed by atoms with Crippen LogP contribution < -0.4 is 5.32 Å².